The van der Waals surface area contributed by atoms with Crippen molar-refractivity contribution >= 4 is 16.7 Å². The summed E-state index contributed by atoms with van der Waals surface area (Å²) in [5, 5.41) is 11.4. The Morgan fingerprint density at radius 1 is 1.26 bits per heavy atom. The molecular weight excluding hydrogens is 238 g/mol. The number of carboxylic acid groups (broad SMARTS) is 1. The van der Waals surface area contributed by atoms with E-state index in [9.17, 15) is 4.79 Å². The van der Waals surface area contributed by atoms with Crippen molar-refractivity contribution in [3.8, 4) is 0 Å². The minimum absolute atomic E-state index is 0.0308. The zero-order chi connectivity index (χ0) is 14.0. The van der Waals surface area contributed by atoms with E-state index in [0.29, 0.717) is 0 Å². The molecule has 100 valence electrons. The van der Waals surface area contributed by atoms with Gasteiger partial charge in [0.2, 0.25) is 0 Å². The van der Waals surface area contributed by atoms with Crippen molar-refractivity contribution in [2.75, 3.05) is 0 Å². The lowest BCUT2D eigenvalue weighted by molar-refractivity contribution is -0.138. The normalized spacial score (nSPS) is 15.9. The molecule has 0 saturated carbocycles. The first kappa shape index (κ1) is 13.6. The molecule has 2 rings (SSSR count). The summed E-state index contributed by atoms with van der Waals surface area (Å²) in [5.41, 5.74) is 6.45. The molecule has 2 aromatic rings. The van der Waals surface area contributed by atoms with E-state index in [-0.39, 0.29) is 12.5 Å². The van der Waals surface area contributed by atoms with Crippen LogP contribution in [0.2, 0.25) is 0 Å². The molecule has 3 heteroatoms. The van der Waals surface area contributed by atoms with Crippen molar-refractivity contribution in [3.63, 3.8) is 0 Å². The van der Waals surface area contributed by atoms with E-state index in [2.05, 4.69) is 0 Å². The highest BCUT2D eigenvalue weighted by Crippen LogP contribution is 2.32. The van der Waals surface area contributed by atoms with Crippen molar-refractivity contribution in [1.29, 1.82) is 0 Å². The molecule has 0 bridgehead atoms. The third kappa shape index (κ3) is 2.61. The van der Waals surface area contributed by atoms with Crippen molar-refractivity contribution in [3.05, 3.63) is 48.0 Å². The highest BCUT2D eigenvalue weighted by molar-refractivity contribution is 5.83. The fourth-order valence-electron chi connectivity index (χ4n) is 2.38. The SMILES string of the molecule is CC(N)C(C)(CC(=O)O)c1ccc2ccccc2c1. The van der Waals surface area contributed by atoms with E-state index in [0.717, 1.165) is 16.3 Å². The Kier molecular flexibility index (Phi) is 3.58. The Labute approximate surface area is 113 Å². The van der Waals surface area contributed by atoms with E-state index >= 15 is 0 Å². The minimum atomic E-state index is -0.826. The van der Waals surface area contributed by atoms with Crippen LogP contribution in [0.4, 0.5) is 0 Å². The van der Waals surface area contributed by atoms with Crippen LogP contribution in [0.1, 0.15) is 25.8 Å². The van der Waals surface area contributed by atoms with E-state index < -0.39 is 11.4 Å². The first-order valence-electron chi connectivity index (χ1n) is 6.40. The molecule has 0 radical (unpaired) electrons. The van der Waals surface area contributed by atoms with Gasteiger partial charge in [0, 0.05) is 11.5 Å². The third-order valence-corrected chi connectivity index (χ3v) is 3.93. The molecule has 3 nitrogen and oxygen atoms in total. The number of aliphatic carboxylic acids is 1. The van der Waals surface area contributed by atoms with Crippen molar-refractivity contribution < 1.29 is 9.90 Å². The van der Waals surface area contributed by atoms with E-state index in [1.165, 1.54) is 0 Å². The average Bonchev–Trinajstić information content (AvgIpc) is 2.37. The van der Waals surface area contributed by atoms with Gasteiger partial charge in [0.1, 0.15) is 0 Å². The van der Waals surface area contributed by atoms with Crippen LogP contribution in [0, 0.1) is 0 Å². The topological polar surface area (TPSA) is 63.3 Å². The fourth-order valence-corrected chi connectivity index (χ4v) is 2.38. The molecule has 0 fully saturated rings. The van der Waals surface area contributed by atoms with Gasteiger partial charge in [-0.3, -0.25) is 4.79 Å². The molecule has 2 atom stereocenters. The van der Waals surface area contributed by atoms with Gasteiger partial charge in [0.05, 0.1) is 6.42 Å². The lowest BCUT2D eigenvalue weighted by Crippen LogP contribution is -2.42. The molecule has 0 heterocycles. The molecule has 0 aromatic heterocycles. The van der Waals surface area contributed by atoms with Gasteiger partial charge in [-0.2, -0.15) is 0 Å². The predicted octanol–water partition coefficient (Wildman–Crippen LogP) is 2.92. The quantitative estimate of drug-likeness (QED) is 0.885. The summed E-state index contributed by atoms with van der Waals surface area (Å²) in [7, 11) is 0. The van der Waals surface area contributed by atoms with Crippen LogP contribution in [0.5, 0.6) is 0 Å². The monoisotopic (exact) mass is 257 g/mol. The molecule has 0 saturated heterocycles. The Morgan fingerprint density at radius 2 is 1.89 bits per heavy atom. The molecule has 0 amide bonds. The summed E-state index contributed by atoms with van der Waals surface area (Å²) in [6, 6.07) is 13.9. The lowest BCUT2D eigenvalue weighted by atomic mass is 9.74. The molecule has 2 aromatic carbocycles. The first-order valence-corrected chi connectivity index (χ1v) is 6.40. The average molecular weight is 257 g/mol. The molecule has 3 N–H and O–H groups in total. The molecule has 0 aliphatic carbocycles. The van der Waals surface area contributed by atoms with E-state index in [1.54, 1.807) is 0 Å². The van der Waals surface area contributed by atoms with E-state index in [1.807, 2.05) is 56.3 Å². The molecule has 2 unspecified atom stereocenters. The second kappa shape index (κ2) is 5.02. The highest BCUT2D eigenvalue weighted by Gasteiger charge is 2.33. The summed E-state index contributed by atoms with van der Waals surface area (Å²) in [4.78, 5) is 11.1. The Balaban J connectivity index is 2.53. The maximum Gasteiger partial charge on any atom is 0.304 e. The van der Waals surface area contributed by atoms with Gasteiger partial charge in [-0.05, 0) is 23.3 Å². The maximum atomic E-state index is 11.1. The number of carboxylic acids is 1. The number of benzene rings is 2. The molecule has 0 aliphatic rings. The van der Waals surface area contributed by atoms with Gasteiger partial charge in [0.15, 0.2) is 0 Å². The number of hydrogen-bond donors (Lipinski definition) is 2. The first-order chi connectivity index (χ1) is 8.93. The number of carbonyl (C=O) groups is 1. The standard InChI is InChI=1S/C16H19NO2/c1-11(17)16(2,10-15(18)19)14-8-7-12-5-3-4-6-13(12)9-14/h3-9,11H,10,17H2,1-2H3,(H,18,19). The Bertz CT molecular complexity index is 606. The number of rotatable bonds is 4. The fraction of sp³-hybridized carbons (Fsp3) is 0.312. The smallest absolute Gasteiger partial charge is 0.304 e. The van der Waals surface area contributed by atoms with Gasteiger partial charge in [-0.15, -0.1) is 0 Å². The molecular formula is C16H19NO2. The zero-order valence-corrected chi connectivity index (χ0v) is 11.3. The Hall–Kier alpha value is -1.87. The van der Waals surface area contributed by atoms with Crippen molar-refractivity contribution in [1.82, 2.24) is 0 Å². The number of nitrogens with two attached hydrogens (primary N) is 1. The summed E-state index contributed by atoms with van der Waals surface area (Å²) in [6.45, 7) is 3.77. The van der Waals surface area contributed by atoms with Gasteiger partial charge in [-0.1, -0.05) is 49.4 Å². The van der Waals surface area contributed by atoms with Crippen LogP contribution >= 0.6 is 0 Å². The van der Waals surface area contributed by atoms with Crippen LogP contribution in [-0.4, -0.2) is 17.1 Å². The number of hydrogen-bond acceptors (Lipinski definition) is 2. The van der Waals surface area contributed by atoms with Crippen LogP contribution in [0.3, 0.4) is 0 Å². The number of fused-ring (bicyclic) bond motifs is 1. The second-order valence-corrected chi connectivity index (χ2v) is 5.34. The second-order valence-electron chi connectivity index (χ2n) is 5.34. The van der Waals surface area contributed by atoms with Crippen LogP contribution < -0.4 is 5.73 Å². The van der Waals surface area contributed by atoms with Gasteiger partial charge < -0.3 is 10.8 Å². The van der Waals surface area contributed by atoms with Crippen LogP contribution in [-0.2, 0) is 10.2 Å². The summed E-state index contributed by atoms with van der Waals surface area (Å²) in [5.74, 6) is -0.826. The summed E-state index contributed by atoms with van der Waals surface area (Å²) in [6.07, 6.45) is 0.0308. The largest absolute Gasteiger partial charge is 0.481 e. The minimum Gasteiger partial charge on any atom is -0.481 e. The van der Waals surface area contributed by atoms with Gasteiger partial charge in [-0.25, -0.2) is 0 Å². The Morgan fingerprint density at radius 3 is 2.47 bits per heavy atom. The molecule has 0 spiro atoms. The molecule has 19 heavy (non-hydrogen) atoms. The zero-order valence-electron chi connectivity index (χ0n) is 11.3. The molecule has 0 aliphatic heterocycles. The lowest BCUT2D eigenvalue weighted by Gasteiger charge is -2.33. The van der Waals surface area contributed by atoms with Crippen molar-refractivity contribution in [2.45, 2.75) is 31.7 Å². The predicted molar refractivity (Wildman–Crippen MR) is 77.2 cm³/mol. The van der Waals surface area contributed by atoms with Gasteiger partial charge >= 0.3 is 5.97 Å². The third-order valence-electron chi connectivity index (χ3n) is 3.93. The summed E-state index contributed by atoms with van der Waals surface area (Å²) < 4.78 is 0. The van der Waals surface area contributed by atoms with Crippen molar-refractivity contribution in [2.24, 2.45) is 5.73 Å². The van der Waals surface area contributed by atoms with Crippen LogP contribution in [0.15, 0.2) is 42.5 Å². The highest BCUT2D eigenvalue weighted by atomic mass is 16.4. The maximum absolute atomic E-state index is 11.1. The van der Waals surface area contributed by atoms with E-state index in [4.69, 9.17) is 10.8 Å². The van der Waals surface area contributed by atoms with Crippen LogP contribution in [0.25, 0.3) is 10.8 Å². The van der Waals surface area contributed by atoms with Gasteiger partial charge in [0.25, 0.3) is 0 Å². The summed E-state index contributed by atoms with van der Waals surface area (Å²) >= 11 is 0.